The number of rotatable bonds is 21. The number of hydrogen-bond donors (Lipinski definition) is 0. The van der Waals surface area contributed by atoms with Crippen molar-refractivity contribution in [1.82, 2.24) is 4.57 Å². The molecule has 0 spiro atoms. The van der Waals surface area contributed by atoms with Crippen LogP contribution >= 0.6 is 0 Å². The second-order valence-electron chi connectivity index (χ2n) is 9.15. The smallest absolute Gasteiger partial charge is 0.234 e. The topological polar surface area (TPSA) is 8.81 Å². The highest BCUT2D eigenvalue weighted by atomic mass is 15.1. The number of imidazole rings is 1. The molecule has 2 heteroatoms. The van der Waals surface area contributed by atoms with Gasteiger partial charge >= 0.3 is 0 Å². The molecule has 0 atom stereocenters. The van der Waals surface area contributed by atoms with Crippen molar-refractivity contribution in [2.45, 2.75) is 156 Å². The van der Waals surface area contributed by atoms with Gasteiger partial charge in [0.25, 0.3) is 5.82 Å². The van der Waals surface area contributed by atoms with Gasteiger partial charge in [-0.2, -0.15) is 0 Å². The Morgan fingerprint density at radius 3 is 1.66 bits per heavy atom. The molecule has 0 aliphatic rings. The summed E-state index contributed by atoms with van der Waals surface area (Å²) in [4.78, 5) is 0. The van der Waals surface area contributed by atoms with Crippen molar-refractivity contribution in [3.8, 4) is 0 Å². The predicted molar refractivity (Wildman–Crippen MR) is 128 cm³/mol. The highest BCUT2D eigenvalue weighted by Crippen LogP contribution is 2.12. The van der Waals surface area contributed by atoms with Crippen molar-refractivity contribution >= 4 is 0 Å². The van der Waals surface area contributed by atoms with Crippen molar-refractivity contribution in [3.63, 3.8) is 0 Å². The van der Waals surface area contributed by atoms with Crippen molar-refractivity contribution in [3.05, 3.63) is 18.2 Å². The molecule has 0 aromatic carbocycles. The van der Waals surface area contributed by atoms with Gasteiger partial charge in [0.2, 0.25) is 0 Å². The monoisotopic (exact) mass is 405 g/mol. The van der Waals surface area contributed by atoms with Gasteiger partial charge in [-0.25, -0.2) is 9.13 Å². The molecule has 1 aromatic rings. The number of aromatic nitrogens is 2. The van der Waals surface area contributed by atoms with E-state index in [-0.39, 0.29) is 0 Å². The number of hydrogen-bond acceptors (Lipinski definition) is 0. The summed E-state index contributed by atoms with van der Waals surface area (Å²) in [5.41, 5.74) is 0. The van der Waals surface area contributed by atoms with E-state index in [1.54, 1.807) is 5.82 Å². The van der Waals surface area contributed by atoms with E-state index >= 15 is 0 Å². The van der Waals surface area contributed by atoms with Gasteiger partial charge < -0.3 is 0 Å². The van der Waals surface area contributed by atoms with Gasteiger partial charge in [-0.05, 0) is 32.1 Å². The van der Waals surface area contributed by atoms with Gasteiger partial charge in [-0.1, -0.05) is 104 Å². The molecule has 29 heavy (non-hydrogen) atoms. The first kappa shape index (κ1) is 26.2. The first-order valence-corrected chi connectivity index (χ1v) is 13.4. The van der Waals surface area contributed by atoms with Crippen LogP contribution in [0.25, 0.3) is 0 Å². The minimum Gasteiger partial charge on any atom is -0.234 e. The van der Waals surface area contributed by atoms with Crippen LogP contribution in [-0.4, -0.2) is 4.57 Å². The lowest BCUT2D eigenvalue weighted by Gasteiger charge is -2.07. The van der Waals surface area contributed by atoms with E-state index in [2.05, 4.69) is 42.3 Å². The third-order valence-corrected chi connectivity index (χ3v) is 6.35. The first-order chi connectivity index (χ1) is 14.3. The standard InChI is InChI=1S/C27H53N2/c1-4-7-10-13-15-16-19-22-27-28(23-20-17-12-9-6-3)25-26-29(27)24-21-18-14-11-8-5-2/h25-26H,4-24H2,1-3H3/q+1. The fourth-order valence-electron chi connectivity index (χ4n) is 4.38. The largest absolute Gasteiger partial charge is 0.256 e. The molecule has 1 heterocycles. The lowest BCUT2D eigenvalue weighted by atomic mass is 10.1. The Kier molecular flexibility index (Phi) is 17.4. The Morgan fingerprint density at radius 2 is 1.07 bits per heavy atom. The summed E-state index contributed by atoms with van der Waals surface area (Å²) in [6.07, 6.45) is 31.0. The summed E-state index contributed by atoms with van der Waals surface area (Å²) in [5.74, 6) is 1.60. The van der Waals surface area contributed by atoms with Gasteiger partial charge in [-0.15, -0.1) is 0 Å². The molecule has 1 rings (SSSR count). The third kappa shape index (κ3) is 13.2. The molecule has 0 fully saturated rings. The molecule has 0 aliphatic heterocycles. The molecule has 0 saturated heterocycles. The molecular weight excluding hydrogens is 352 g/mol. The number of nitrogens with zero attached hydrogens (tertiary/aromatic N) is 2. The molecule has 0 aliphatic carbocycles. The van der Waals surface area contributed by atoms with Crippen LogP contribution in [0.2, 0.25) is 0 Å². The maximum atomic E-state index is 2.59. The Morgan fingerprint density at radius 1 is 0.586 bits per heavy atom. The van der Waals surface area contributed by atoms with E-state index < -0.39 is 0 Å². The van der Waals surface area contributed by atoms with Crippen LogP contribution in [0.4, 0.5) is 0 Å². The average Bonchev–Trinajstić information content (AvgIpc) is 3.11. The van der Waals surface area contributed by atoms with Crippen LogP contribution in [-0.2, 0) is 19.5 Å². The quantitative estimate of drug-likeness (QED) is 0.143. The molecule has 170 valence electrons. The molecule has 1 aromatic heterocycles. The molecule has 0 saturated carbocycles. The first-order valence-electron chi connectivity index (χ1n) is 13.4. The molecule has 0 N–H and O–H groups in total. The minimum atomic E-state index is 1.22. The maximum absolute atomic E-state index is 2.59. The van der Waals surface area contributed by atoms with Crippen LogP contribution in [0.15, 0.2) is 12.4 Å². The highest BCUT2D eigenvalue weighted by molar-refractivity contribution is 4.84. The zero-order valence-electron chi connectivity index (χ0n) is 20.4. The lowest BCUT2D eigenvalue weighted by Crippen LogP contribution is -2.37. The third-order valence-electron chi connectivity index (χ3n) is 6.35. The van der Waals surface area contributed by atoms with E-state index in [1.807, 2.05) is 0 Å². The van der Waals surface area contributed by atoms with Crippen molar-refractivity contribution in [1.29, 1.82) is 0 Å². The minimum absolute atomic E-state index is 1.22. The Bertz CT molecular complexity index is 463. The van der Waals surface area contributed by atoms with E-state index in [0.29, 0.717) is 0 Å². The molecule has 0 unspecified atom stereocenters. The summed E-state index contributed by atoms with van der Waals surface area (Å²) < 4.78 is 5.17. The van der Waals surface area contributed by atoms with Crippen LogP contribution in [0.1, 0.15) is 142 Å². The van der Waals surface area contributed by atoms with E-state index in [4.69, 9.17) is 0 Å². The van der Waals surface area contributed by atoms with Crippen molar-refractivity contribution in [2.75, 3.05) is 0 Å². The van der Waals surface area contributed by atoms with Crippen molar-refractivity contribution in [2.24, 2.45) is 0 Å². The summed E-state index contributed by atoms with van der Waals surface area (Å²) in [6.45, 7) is 9.35. The normalized spacial score (nSPS) is 11.4. The summed E-state index contributed by atoms with van der Waals surface area (Å²) >= 11 is 0. The predicted octanol–water partition coefficient (Wildman–Crippen LogP) is 8.40. The van der Waals surface area contributed by atoms with Crippen molar-refractivity contribution < 1.29 is 4.57 Å². The summed E-state index contributed by atoms with van der Waals surface area (Å²) in [5, 5.41) is 0. The van der Waals surface area contributed by atoms with Gasteiger partial charge in [0.15, 0.2) is 0 Å². The van der Waals surface area contributed by atoms with E-state index in [1.165, 1.54) is 135 Å². The fraction of sp³-hybridized carbons (Fsp3) is 0.889. The van der Waals surface area contributed by atoms with Gasteiger partial charge in [0, 0.05) is 6.42 Å². The average molecular weight is 406 g/mol. The number of unbranched alkanes of at least 4 members (excludes halogenated alkanes) is 15. The zero-order chi connectivity index (χ0) is 21.0. The van der Waals surface area contributed by atoms with Gasteiger partial charge in [0.1, 0.15) is 12.4 Å². The SMILES string of the molecule is CCCCCCCCCc1n(CCCCCCCC)cc[n+]1CCCCCCC. The van der Waals surface area contributed by atoms with Gasteiger partial charge in [-0.3, -0.25) is 0 Å². The Hall–Kier alpha value is -0.790. The number of aryl methyl sites for hydroxylation is 2. The van der Waals surface area contributed by atoms with Crippen LogP contribution < -0.4 is 4.57 Å². The fourth-order valence-corrected chi connectivity index (χ4v) is 4.38. The van der Waals surface area contributed by atoms with Gasteiger partial charge in [0.05, 0.1) is 13.1 Å². The van der Waals surface area contributed by atoms with Crippen LogP contribution in [0, 0.1) is 0 Å². The Balaban J connectivity index is 2.43. The maximum Gasteiger partial charge on any atom is 0.256 e. The molecule has 0 bridgehead atoms. The molecule has 0 amide bonds. The molecule has 0 radical (unpaired) electrons. The molecule has 2 nitrogen and oxygen atoms in total. The summed E-state index contributed by atoms with van der Waals surface area (Å²) in [7, 11) is 0. The summed E-state index contributed by atoms with van der Waals surface area (Å²) in [6, 6.07) is 0. The van der Waals surface area contributed by atoms with E-state index in [0.717, 1.165) is 0 Å². The van der Waals surface area contributed by atoms with Crippen LogP contribution in [0.5, 0.6) is 0 Å². The lowest BCUT2D eigenvalue weighted by molar-refractivity contribution is -0.704. The Labute approximate surface area is 183 Å². The zero-order valence-corrected chi connectivity index (χ0v) is 20.4. The highest BCUT2D eigenvalue weighted by Gasteiger charge is 2.16. The van der Waals surface area contributed by atoms with E-state index in [9.17, 15) is 0 Å². The second-order valence-corrected chi connectivity index (χ2v) is 9.15. The molecular formula is C27H53N2+. The second kappa shape index (κ2) is 19.2. The van der Waals surface area contributed by atoms with Crippen LogP contribution in [0.3, 0.4) is 0 Å².